The molecule has 2 fully saturated rings. The number of likely N-dealkylation sites (tertiary alicyclic amines) is 1. The number of carboxylic acids is 1. The van der Waals surface area contributed by atoms with Crippen LogP contribution in [0.1, 0.15) is 58.9 Å². The fourth-order valence-electron chi connectivity index (χ4n) is 6.10. The number of carbonyl (C=O) groups is 3. The van der Waals surface area contributed by atoms with E-state index in [9.17, 15) is 14.4 Å². The Bertz CT molecular complexity index is 1710. The minimum atomic E-state index is -1.07. The van der Waals surface area contributed by atoms with E-state index in [0.717, 1.165) is 34.9 Å². The molecule has 0 radical (unpaired) electrons. The Morgan fingerprint density at radius 2 is 1.93 bits per heavy atom. The summed E-state index contributed by atoms with van der Waals surface area (Å²) in [5.41, 5.74) is 3.13. The second kappa shape index (κ2) is 9.50. The summed E-state index contributed by atoms with van der Waals surface area (Å²) in [6.45, 7) is 0.411. The van der Waals surface area contributed by atoms with Gasteiger partial charge in [0.25, 0.3) is 5.91 Å². The molecule has 1 saturated heterocycles. The van der Waals surface area contributed by atoms with Gasteiger partial charge in [-0.2, -0.15) is 5.10 Å². The third-order valence-corrected chi connectivity index (χ3v) is 8.43. The van der Waals surface area contributed by atoms with Crippen LogP contribution in [0.4, 0.5) is 0 Å². The Hall–Kier alpha value is -4.60. The minimum absolute atomic E-state index is 0.0447. The van der Waals surface area contributed by atoms with Crippen LogP contribution in [0, 0.1) is 0 Å². The number of carboxylic acid groups (broad SMARTS) is 1. The molecule has 210 valence electrons. The zero-order valence-electron chi connectivity index (χ0n) is 22.7. The summed E-state index contributed by atoms with van der Waals surface area (Å²) in [4.78, 5) is 39.9. The van der Waals surface area contributed by atoms with Crippen LogP contribution in [0.15, 0.2) is 55.0 Å². The van der Waals surface area contributed by atoms with Crippen molar-refractivity contribution in [2.45, 2.75) is 43.7 Å². The number of carbonyl (C=O) groups excluding carboxylic acids is 2. The number of hydrogen-bond donors (Lipinski definition) is 1. The molecule has 0 bridgehead atoms. The lowest BCUT2D eigenvalue weighted by Gasteiger charge is -2.44. The fourth-order valence-corrected chi connectivity index (χ4v) is 6.10. The van der Waals surface area contributed by atoms with Crippen molar-refractivity contribution >= 4 is 28.6 Å². The molecule has 10 nitrogen and oxygen atoms in total. The van der Waals surface area contributed by atoms with E-state index in [1.54, 1.807) is 21.8 Å². The maximum Gasteiger partial charge on any atom is 0.341 e. The first kappa shape index (κ1) is 25.4. The van der Waals surface area contributed by atoms with Crippen LogP contribution in [-0.2, 0) is 11.8 Å². The Kier molecular flexibility index (Phi) is 5.88. The van der Waals surface area contributed by atoms with Crippen LogP contribution >= 0.6 is 0 Å². The molecule has 4 aromatic rings. The number of Topliss-reactive ketones (excluding diaryl/α,β-unsaturated/α-hetero) is 1. The molecule has 1 aliphatic carbocycles. The van der Waals surface area contributed by atoms with Gasteiger partial charge in [-0.25, -0.2) is 4.79 Å². The first-order chi connectivity index (χ1) is 19.8. The fraction of sp³-hybridized carbons (Fsp3) is 0.355. The zero-order chi connectivity index (χ0) is 28.3. The summed E-state index contributed by atoms with van der Waals surface area (Å²) in [5, 5.41) is 14.2. The van der Waals surface area contributed by atoms with Gasteiger partial charge in [0.2, 0.25) is 0 Å². The van der Waals surface area contributed by atoms with Crippen LogP contribution in [0.3, 0.4) is 0 Å². The molecule has 2 aromatic carbocycles. The van der Waals surface area contributed by atoms with Gasteiger partial charge in [0.05, 0.1) is 23.7 Å². The van der Waals surface area contributed by atoms with Crippen LogP contribution in [0.25, 0.3) is 22.0 Å². The van der Waals surface area contributed by atoms with E-state index in [2.05, 4.69) is 9.67 Å². The summed E-state index contributed by atoms with van der Waals surface area (Å²) >= 11 is 0. The van der Waals surface area contributed by atoms with Crippen molar-refractivity contribution < 1.29 is 29.0 Å². The lowest BCUT2D eigenvalue weighted by atomic mass is 9.82. The van der Waals surface area contributed by atoms with Gasteiger partial charge in [-0.3, -0.25) is 14.3 Å². The van der Waals surface area contributed by atoms with Gasteiger partial charge in [0.1, 0.15) is 17.1 Å². The number of benzene rings is 2. The highest BCUT2D eigenvalue weighted by molar-refractivity contribution is 6.02. The topological polar surface area (TPSA) is 116 Å². The standard InChI is InChI=1S/C31H30N4O6/c1-33-17-21(16-32-33)19-2-5-27-24(12-19)26(36)15-31(41-27)7-10-34(11-8-31)30(39)20-13-25-23(6-9-35(25)22-3-4-22)28(14-20)40-18-29(37)38/h2,5-6,9,12-14,16-17,22H,3-4,7-8,10-11,15,18H2,1H3,(H,37,38). The Labute approximate surface area is 236 Å². The van der Waals surface area contributed by atoms with Crippen molar-refractivity contribution in [2.75, 3.05) is 19.7 Å². The molecule has 4 heterocycles. The van der Waals surface area contributed by atoms with Crippen molar-refractivity contribution in [2.24, 2.45) is 7.05 Å². The van der Waals surface area contributed by atoms with Crippen LogP contribution in [-0.4, -0.2) is 67.3 Å². The number of nitrogens with zero attached hydrogens (tertiary/aromatic N) is 4. The molecule has 41 heavy (non-hydrogen) atoms. The number of fused-ring (bicyclic) bond motifs is 2. The molecule has 3 aliphatic rings. The Morgan fingerprint density at radius 3 is 2.63 bits per heavy atom. The summed E-state index contributed by atoms with van der Waals surface area (Å²) in [6, 6.07) is 11.5. The minimum Gasteiger partial charge on any atom is -0.486 e. The number of ketones is 1. The van der Waals surface area contributed by atoms with Crippen LogP contribution in [0.2, 0.25) is 0 Å². The number of aliphatic carboxylic acids is 1. The average Bonchev–Trinajstić information content (AvgIpc) is 3.56. The number of piperidine rings is 1. The average molecular weight is 555 g/mol. The smallest absolute Gasteiger partial charge is 0.341 e. The molecule has 7 rings (SSSR count). The maximum absolute atomic E-state index is 13.7. The molecule has 1 spiro atoms. The molecule has 2 aromatic heterocycles. The number of aryl methyl sites for hydroxylation is 1. The second-order valence-corrected chi connectivity index (χ2v) is 11.3. The van der Waals surface area contributed by atoms with Gasteiger partial charge in [-0.15, -0.1) is 0 Å². The molecular weight excluding hydrogens is 524 g/mol. The molecular formula is C31H30N4O6. The van der Waals surface area contributed by atoms with E-state index in [1.165, 1.54) is 0 Å². The highest BCUT2D eigenvalue weighted by Gasteiger charge is 2.44. The highest BCUT2D eigenvalue weighted by atomic mass is 16.5. The van der Waals surface area contributed by atoms with Gasteiger partial charge in [0, 0.05) is 67.9 Å². The normalized spacial score (nSPS) is 17.9. The van der Waals surface area contributed by atoms with E-state index in [1.807, 2.05) is 49.8 Å². The van der Waals surface area contributed by atoms with Gasteiger partial charge >= 0.3 is 5.97 Å². The summed E-state index contributed by atoms with van der Waals surface area (Å²) in [5.74, 6) is -0.197. The third-order valence-electron chi connectivity index (χ3n) is 8.43. The molecule has 10 heteroatoms. The Balaban J connectivity index is 1.10. The summed E-state index contributed by atoms with van der Waals surface area (Å²) in [6.07, 6.45) is 9.16. The van der Waals surface area contributed by atoms with E-state index < -0.39 is 18.2 Å². The second-order valence-electron chi connectivity index (χ2n) is 11.3. The predicted octanol–water partition coefficient (Wildman–Crippen LogP) is 4.48. The quantitative estimate of drug-likeness (QED) is 0.374. The highest BCUT2D eigenvalue weighted by Crippen LogP contribution is 2.42. The number of amides is 1. The first-order valence-electron chi connectivity index (χ1n) is 13.9. The van der Waals surface area contributed by atoms with Crippen molar-refractivity contribution in [1.29, 1.82) is 0 Å². The maximum atomic E-state index is 13.7. The lowest BCUT2D eigenvalue weighted by Crippen LogP contribution is -2.52. The predicted molar refractivity (Wildman–Crippen MR) is 149 cm³/mol. The molecule has 1 saturated carbocycles. The van der Waals surface area contributed by atoms with E-state index in [0.29, 0.717) is 54.6 Å². The molecule has 2 aliphatic heterocycles. The van der Waals surface area contributed by atoms with Gasteiger partial charge < -0.3 is 24.0 Å². The van der Waals surface area contributed by atoms with E-state index >= 15 is 0 Å². The number of aromatic nitrogens is 3. The largest absolute Gasteiger partial charge is 0.486 e. The first-order valence-corrected chi connectivity index (χ1v) is 13.9. The molecule has 1 amide bonds. The molecule has 0 unspecified atom stereocenters. The van der Waals surface area contributed by atoms with Gasteiger partial charge in [-0.05, 0) is 48.7 Å². The zero-order valence-corrected chi connectivity index (χ0v) is 22.7. The SMILES string of the molecule is Cn1cc(-c2ccc3c(c2)C(=O)CC2(CCN(C(=O)c4cc(OCC(=O)O)c5ccn(C6CC6)c5c4)CC2)O3)cn1. The summed E-state index contributed by atoms with van der Waals surface area (Å²) < 4.78 is 15.9. The van der Waals surface area contributed by atoms with Gasteiger partial charge in [-0.1, -0.05) is 6.07 Å². The lowest BCUT2D eigenvalue weighted by molar-refractivity contribution is -0.139. The van der Waals surface area contributed by atoms with E-state index in [-0.39, 0.29) is 18.1 Å². The third kappa shape index (κ3) is 4.63. The Morgan fingerprint density at radius 1 is 1.12 bits per heavy atom. The van der Waals surface area contributed by atoms with Crippen molar-refractivity contribution in [3.63, 3.8) is 0 Å². The molecule has 0 atom stereocenters. The monoisotopic (exact) mass is 554 g/mol. The van der Waals surface area contributed by atoms with E-state index in [4.69, 9.17) is 14.6 Å². The number of rotatable bonds is 6. The molecule has 1 N–H and O–H groups in total. The van der Waals surface area contributed by atoms with Crippen molar-refractivity contribution in [3.05, 3.63) is 66.1 Å². The van der Waals surface area contributed by atoms with Crippen molar-refractivity contribution in [1.82, 2.24) is 19.2 Å². The summed E-state index contributed by atoms with van der Waals surface area (Å²) in [7, 11) is 1.85. The van der Waals surface area contributed by atoms with Crippen LogP contribution in [0.5, 0.6) is 11.5 Å². The van der Waals surface area contributed by atoms with Crippen LogP contribution < -0.4 is 9.47 Å². The van der Waals surface area contributed by atoms with Crippen molar-refractivity contribution in [3.8, 4) is 22.6 Å². The number of ether oxygens (including phenoxy) is 2. The number of hydrogen-bond acceptors (Lipinski definition) is 6. The van der Waals surface area contributed by atoms with Gasteiger partial charge in [0.15, 0.2) is 12.4 Å².